The Morgan fingerprint density at radius 1 is 1.02 bits per heavy atom. The highest BCUT2D eigenvalue weighted by atomic mass is 19.2. The van der Waals surface area contributed by atoms with E-state index in [9.17, 15) is 45.8 Å². The standard InChI is InChI=1S/C29H19F6N3O5/c1-4-7-38(10-14-9-15-17(8-12(14)2)36-19(37-28(15)40)11-43-13(3)39)18-6-5-16(30)20(29(41)42)21(18)22-23(31)25(33)27(35)26(34)24(22)32/h1,5-6,8-9H,7,10-11H2,2-3H3,(H,41,42)(H,36,37,40). The fraction of sp³-hybridized carbons (Fsp3) is 0.172. The first-order chi connectivity index (χ1) is 20.3. The molecule has 8 nitrogen and oxygen atoms in total. The summed E-state index contributed by atoms with van der Waals surface area (Å²) in [6.45, 7) is 1.77. The van der Waals surface area contributed by atoms with E-state index in [1.165, 1.54) is 19.1 Å². The molecule has 4 aromatic rings. The number of ether oxygens (including phenoxy) is 1. The zero-order chi connectivity index (χ0) is 31.7. The van der Waals surface area contributed by atoms with E-state index in [0.29, 0.717) is 17.2 Å². The van der Waals surface area contributed by atoms with Crippen molar-refractivity contribution in [2.75, 3.05) is 11.4 Å². The molecule has 43 heavy (non-hydrogen) atoms. The molecule has 0 saturated heterocycles. The van der Waals surface area contributed by atoms with Gasteiger partial charge in [-0.05, 0) is 42.3 Å². The highest BCUT2D eigenvalue weighted by Crippen LogP contribution is 2.41. The number of halogens is 6. The molecular weight excluding hydrogens is 584 g/mol. The van der Waals surface area contributed by atoms with Gasteiger partial charge in [0.1, 0.15) is 23.8 Å². The normalized spacial score (nSPS) is 11.0. The highest BCUT2D eigenvalue weighted by Gasteiger charge is 2.33. The number of aromatic amines is 1. The predicted octanol–water partition coefficient (Wildman–Crippen LogP) is 5.13. The van der Waals surface area contributed by atoms with Gasteiger partial charge < -0.3 is 19.7 Å². The van der Waals surface area contributed by atoms with Gasteiger partial charge in [-0.25, -0.2) is 36.1 Å². The monoisotopic (exact) mass is 603 g/mol. The summed E-state index contributed by atoms with van der Waals surface area (Å²) in [6, 6.07) is 4.43. The van der Waals surface area contributed by atoms with Crippen LogP contribution in [0.15, 0.2) is 29.1 Å². The molecule has 0 aliphatic carbocycles. The van der Waals surface area contributed by atoms with E-state index in [0.717, 1.165) is 11.0 Å². The number of rotatable bonds is 8. The molecule has 14 heteroatoms. The van der Waals surface area contributed by atoms with Crippen LogP contribution in [0.25, 0.3) is 22.0 Å². The van der Waals surface area contributed by atoms with Crippen molar-refractivity contribution in [2.45, 2.75) is 27.0 Å². The SMILES string of the molecule is C#CCN(Cc1cc2c(=O)[nH]c(COC(C)=O)nc2cc1C)c1ccc(F)c(C(=O)O)c1-c1c(F)c(F)c(F)c(F)c1F. The summed E-state index contributed by atoms with van der Waals surface area (Å²) < 4.78 is 91.8. The largest absolute Gasteiger partial charge is 0.478 e. The second-order valence-corrected chi connectivity index (χ2v) is 9.22. The summed E-state index contributed by atoms with van der Waals surface area (Å²) >= 11 is 0. The lowest BCUT2D eigenvalue weighted by Gasteiger charge is -2.27. The van der Waals surface area contributed by atoms with Gasteiger partial charge in [-0.15, -0.1) is 6.42 Å². The van der Waals surface area contributed by atoms with Crippen molar-refractivity contribution in [2.24, 2.45) is 0 Å². The number of aromatic nitrogens is 2. The minimum Gasteiger partial charge on any atom is -0.478 e. The molecule has 2 N–H and O–H groups in total. The van der Waals surface area contributed by atoms with Crippen molar-refractivity contribution in [3.8, 4) is 23.5 Å². The van der Waals surface area contributed by atoms with Gasteiger partial charge in [0, 0.05) is 24.7 Å². The second kappa shape index (κ2) is 11.9. The van der Waals surface area contributed by atoms with Crippen molar-refractivity contribution in [3.63, 3.8) is 0 Å². The van der Waals surface area contributed by atoms with E-state index < -0.39 is 81.3 Å². The molecule has 0 unspecified atom stereocenters. The van der Waals surface area contributed by atoms with Crippen LogP contribution in [-0.2, 0) is 22.7 Å². The zero-order valence-electron chi connectivity index (χ0n) is 22.3. The molecule has 1 aromatic heterocycles. The minimum atomic E-state index is -2.49. The van der Waals surface area contributed by atoms with Crippen molar-refractivity contribution in [3.05, 3.63) is 92.0 Å². The van der Waals surface area contributed by atoms with Crippen molar-refractivity contribution in [1.82, 2.24) is 9.97 Å². The number of fused-ring (bicyclic) bond motifs is 1. The molecule has 0 bridgehead atoms. The second-order valence-electron chi connectivity index (χ2n) is 9.22. The maximum absolute atomic E-state index is 15.0. The van der Waals surface area contributed by atoms with E-state index in [-0.39, 0.29) is 29.9 Å². The zero-order valence-corrected chi connectivity index (χ0v) is 22.3. The Hall–Kier alpha value is -5.32. The Labute approximate surface area is 238 Å². The van der Waals surface area contributed by atoms with Gasteiger partial charge in [-0.3, -0.25) is 9.59 Å². The Balaban J connectivity index is 1.93. The molecule has 0 spiro atoms. The lowest BCUT2D eigenvalue weighted by atomic mass is 9.94. The van der Waals surface area contributed by atoms with E-state index >= 15 is 0 Å². The molecular formula is C29H19F6N3O5. The summed E-state index contributed by atoms with van der Waals surface area (Å²) in [5, 5.41) is 9.78. The van der Waals surface area contributed by atoms with E-state index in [1.807, 2.05) is 0 Å². The number of anilines is 1. The minimum absolute atomic E-state index is 0.0637. The summed E-state index contributed by atoms with van der Waals surface area (Å²) in [6.07, 6.45) is 5.48. The average Bonchev–Trinajstić information content (AvgIpc) is 2.94. The molecule has 0 aliphatic rings. The molecule has 0 fully saturated rings. The molecule has 0 radical (unpaired) electrons. The molecule has 0 saturated carbocycles. The molecule has 3 aromatic carbocycles. The number of H-pyrrole nitrogens is 1. The van der Waals surface area contributed by atoms with Crippen LogP contribution in [0.1, 0.15) is 34.2 Å². The number of carboxylic acids is 1. The van der Waals surface area contributed by atoms with Crippen LogP contribution in [0, 0.1) is 54.2 Å². The summed E-state index contributed by atoms with van der Waals surface area (Å²) in [7, 11) is 0. The van der Waals surface area contributed by atoms with Gasteiger partial charge in [0.2, 0.25) is 5.82 Å². The lowest BCUT2D eigenvalue weighted by Crippen LogP contribution is -2.26. The van der Waals surface area contributed by atoms with Gasteiger partial charge >= 0.3 is 11.9 Å². The molecule has 1 heterocycles. The third-order valence-electron chi connectivity index (χ3n) is 6.41. The Morgan fingerprint density at radius 3 is 2.23 bits per heavy atom. The van der Waals surface area contributed by atoms with Crippen molar-refractivity contribution >= 4 is 28.5 Å². The van der Waals surface area contributed by atoms with Crippen molar-refractivity contribution < 1.29 is 45.8 Å². The molecule has 0 atom stereocenters. The first-order valence-electron chi connectivity index (χ1n) is 12.2. The lowest BCUT2D eigenvalue weighted by molar-refractivity contribution is -0.142. The van der Waals surface area contributed by atoms with E-state index in [2.05, 4.69) is 15.9 Å². The third kappa shape index (κ3) is 5.74. The molecule has 4 rings (SSSR count). The maximum Gasteiger partial charge on any atom is 0.339 e. The number of terminal acetylenes is 1. The first kappa shape index (κ1) is 30.6. The van der Waals surface area contributed by atoms with Crippen LogP contribution in [0.5, 0.6) is 0 Å². The molecule has 222 valence electrons. The van der Waals surface area contributed by atoms with E-state index in [1.54, 1.807) is 6.92 Å². The Morgan fingerprint density at radius 2 is 1.65 bits per heavy atom. The number of esters is 1. The van der Waals surface area contributed by atoms with Crippen LogP contribution < -0.4 is 10.5 Å². The molecule has 0 amide bonds. The third-order valence-corrected chi connectivity index (χ3v) is 6.41. The number of carbonyl (C=O) groups is 2. The van der Waals surface area contributed by atoms with Gasteiger partial charge in [-0.2, -0.15) is 0 Å². The van der Waals surface area contributed by atoms with Crippen LogP contribution in [0.3, 0.4) is 0 Å². The predicted molar refractivity (Wildman–Crippen MR) is 141 cm³/mol. The summed E-state index contributed by atoms with van der Waals surface area (Å²) in [5.41, 5.74) is -4.19. The first-order valence-corrected chi connectivity index (χ1v) is 12.2. The molecule has 0 aliphatic heterocycles. The smallest absolute Gasteiger partial charge is 0.339 e. The van der Waals surface area contributed by atoms with Crippen LogP contribution in [0.2, 0.25) is 0 Å². The number of aromatic carboxylic acids is 1. The number of benzene rings is 3. The topological polar surface area (TPSA) is 113 Å². The van der Waals surface area contributed by atoms with Gasteiger partial charge in [0.25, 0.3) is 5.56 Å². The fourth-order valence-corrected chi connectivity index (χ4v) is 4.45. The average molecular weight is 603 g/mol. The summed E-state index contributed by atoms with van der Waals surface area (Å²) in [4.78, 5) is 43.8. The number of carboxylic acid groups (broad SMARTS) is 1. The quantitative estimate of drug-likeness (QED) is 0.0944. The Bertz CT molecular complexity index is 1890. The van der Waals surface area contributed by atoms with Crippen LogP contribution in [0.4, 0.5) is 32.0 Å². The van der Waals surface area contributed by atoms with E-state index in [4.69, 9.17) is 11.2 Å². The Kier molecular flexibility index (Phi) is 8.47. The van der Waals surface area contributed by atoms with Gasteiger partial charge in [0.15, 0.2) is 23.3 Å². The number of hydrogen-bond donors (Lipinski definition) is 2. The number of nitrogens with zero attached hydrogens (tertiary/aromatic N) is 2. The van der Waals surface area contributed by atoms with Crippen LogP contribution in [-0.4, -0.2) is 33.6 Å². The number of aryl methyl sites for hydroxylation is 1. The number of hydrogen-bond acceptors (Lipinski definition) is 6. The van der Waals surface area contributed by atoms with Crippen molar-refractivity contribution in [1.29, 1.82) is 0 Å². The number of nitrogens with one attached hydrogen (secondary N) is 1. The highest BCUT2D eigenvalue weighted by molar-refractivity contribution is 6.01. The van der Waals surface area contributed by atoms with Gasteiger partial charge in [0.05, 0.1) is 23.0 Å². The van der Waals surface area contributed by atoms with Crippen LogP contribution >= 0.6 is 0 Å². The maximum atomic E-state index is 15.0. The van der Waals surface area contributed by atoms with Gasteiger partial charge in [-0.1, -0.05) is 5.92 Å². The summed E-state index contributed by atoms with van der Waals surface area (Å²) in [5.74, 6) is -13.8. The number of carbonyl (C=O) groups excluding carboxylic acids is 1. The fourth-order valence-electron chi connectivity index (χ4n) is 4.45.